The van der Waals surface area contributed by atoms with Gasteiger partial charge in [0.25, 0.3) is 0 Å². The molecule has 108 valence electrons. The predicted octanol–water partition coefficient (Wildman–Crippen LogP) is 2.60. The van der Waals surface area contributed by atoms with Crippen LogP contribution in [0.4, 0.5) is 4.39 Å². The van der Waals surface area contributed by atoms with Gasteiger partial charge in [-0.15, -0.1) is 0 Å². The number of hydrogen-bond donors (Lipinski definition) is 2. The van der Waals surface area contributed by atoms with E-state index >= 15 is 0 Å². The standard InChI is InChI=1S/C14H15ClFNO3/c15-11-5-8(1-4-12(11)16)7-17-13(18)9-2-3-10(6-9)14(19)20/h1,4-5,9-10H,2-3,6-7H2,(H,17,18)(H,19,20). The molecule has 0 saturated heterocycles. The van der Waals surface area contributed by atoms with Crippen molar-refractivity contribution in [2.75, 3.05) is 0 Å². The molecular weight excluding hydrogens is 285 g/mol. The van der Waals surface area contributed by atoms with Crippen LogP contribution in [0.25, 0.3) is 0 Å². The minimum Gasteiger partial charge on any atom is -0.481 e. The van der Waals surface area contributed by atoms with Crippen molar-refractivity contribution >= 4 is 23.5 Å². The van der Waals surface area contributed by atoms with Crippen molar-refractivity contribution in [3.63, 3.8) is 0 Å². The average Bonchev–Trinajstić information content (AvgIpc) is 2.89. The van der Waals surface area contributed by atoms with E-state index in [9.17, 15) is 14.0 Å². The van der Waals surface area contributed by atoms with Crippen LogP contribution in [0, 0.1) is 17.7 Å². The number of amides is 1. The van der Waals surface area contributed by atoms with Gasteiger partial charge < -0.3 is 10.4 Å². The summed E-state index contributed by atoms with van der Waals surface area (Å²) in [4.78, 5) is 22.8. The summed E-state index contributed by atoms with van der Waals surface area (Å²) in [6.07, 6.45) is 1.51. The molecule has 0 aromatic heterocycles. The number of nitrogens with one attached hydrogen (secondary N) is 1. The molecule has 2 atom stereocenters. The summed E-state index contributed by atoms with van der Waals surface area (Å²) < 4.78 is 13.0. The molecule has 6 heteroatoms. The summed E-state index contributed by atoms with van der Waals surface area (Å²) in [5.74, 6) is -2.18. The van der Waals surface area contributed by atoms with E-state index < -0.39 is 17.7 Å². The second-order valence-corrected chi connectivity index (χ2v) is 5.42. The van der Waals surface area contributed by atoms with Gasteiger partial charge in [0.2, 0.25) is 5.91 Å². The number of halogens is 2. The van der Waals surface area contributed by atoms with Crippen LogP contribution in [-0.4, -0.2) is 17.0 Å². The summed E-state index contributed by atoms with van der Waals surface area (Å²) in [7, 11) is 0. The van der Waals surface area contributed by atoms with Gasteiger partial charge in [-0.25, -0.2) is 4.39 Å². The van der Waals surface area contributed by atoms with Gasteiger partial charge in [-0.3, -0.25) is 9.59 Å². The van der Waals surface area contributed by atoms with Crippen LogP contribution in [-0.2, 0) is 16.1 Å². The molecule has 1 fully saturated rings. The lowest BCUT2D eigenvalue weighted by Gasteiger charge is -2.11. The van der Waals surface area contributed by atoms with Crippen LogP contribution in [0.5, 0.6) is 0 Å². The number of carbonyl (C=O) groups is 2. The second kappa shape index (κ2) is 6.22. The summed E-state index contributed by atoms with van der Waals surface area (Å²) in [6, 6.07) is 4.27. The summed E-state index contributed by atoms with van der Waals surface area (Å²) in [5, 5.41) is 11.6. The highest BCUT2D eigenvalue weighted by atomic mass is 35.5. The first-order chi connectivity index (χ1) is 9.47. The molecule has 1 amide bonds. The maximum atomic E-state index is 13.0. The number of rotatable bonds is 4. The Morgan fingerprint density at radius 1 is 1.35 bits per heavy atom. The quantitative estimate of drug-likeness (QED) is 0.898. The number of carboxylic acids is 1. The second-order valence-electron chi connectivity index (χ2n) is 5.01. The molecule has 2 unspecified atom stereocenters. The lowest BCUT2D eigenvalue weighted by Crippen LogP contribution is -2.29. The Hall–Kier alpha value is -1.62. The van der Waals surface area contributed by atoms with Crippen molar-refractivity contribution in [1.29, 1.82) is 0 Å². The molecule has 1 aromatic carbocycles. The van der Waals surface area contributed by atoms with Crippen LogP contribution in [0.3, 0.4) is 0 Å². The molecule has 0 radical (unpaired) electrons. The molecule has 0 bridgehead atoms. The summed E-state index contributed by atoms with van der Waals surface area (Å²) >= 11 is 5.66. The zero-order valence-electron chi connectivity index (χ0n) is 10.7. The Morgan fingerprint density at radius 2 is 2.05 bits per heavy atom. The van der Waals surface area contributed by atoms with Gasteiger partial charge in [-0.1, -0.05) is 17.7 Å². The van der Waals surface area contributed by atoms with Crippen molar-refractivity contribution in [2.24, 2.45) is 11.8 Å². The summed E-state index contributed by atoms with van der Waals surface area (Å²) in [6.45, 7) is 0.257. The summed E-state index contributed by atoms with van der Waals surface area (Å²) in [5.41, 5.74) is 0.706. The molecule has 2 rings (SSSR count). The first kappa shape index (κ1) is 14.8. The van der Waals surface area contributed by atoms with E-state index in [0.717, 1.165) is 0 Å². The van der Waals surface area contributed by atoms with E-state index in [-0.39, 0.29) is 23.4 Å². The minimum atomic E-state index is -0.842. The van der Waals surface area contributed by atoms with Crippen molar-refractivity contribution < 1.29 is 19.1 Å². The molecule has 20 heavy (non-hydrogen) atoms. The SMILES string of the molecule is O=C(O)C1CCC(C(=O)NCc2ccc(F)c(Cl)c2)C1. The van der Waals surface area contributed by atoms with E-state index in [1.54, 1.807) is 6.07 Å². The highest BCUT2D eigenvalue weighted by molar-refractivity contribution is 6.30. The lowest BCUT2D eigenvalue weighted by atomic mass is 10.0. The van der Waals surface area contributed by atoms with Crippen molar-refractivity contribution in [3.8, 4) is 0 Å². The monoisotopic (exact) mass is 299 g/mol. The maximum absolute atomic E-state index is 13.0. The fourth-order valence-corrected chi connectivity index (χ4v) is 2.63. The lowest BCUT2D eigenvalue weighted by molar-refractivity contribution is -0.141. The van der Waals surface area contributed by atoms with Crippen LogP contribution >= 0.6 is 11.6 Å². The van der Waals surface area contributed by atoms with Gasteiger partial charge >= 0.3 is 5.97 Å². The molecule has 1 aliphatic carbocycles. The van der Waals surface area contributed by atoms with Gasteiger partial charge in [0, 0.05) is 12.5 Å². The predicted molar refractivity (Wildman–Crippen MR) is 71.7 cm³/mol. The van der Waals surface area contributed by atoms with Gasteiger partial charge in [-0.05, 0) is 37.0 Å². The number of carbonyl (C=O) groups excluding carboxylic acids is 1. The molecular formula is C14H15ClFNO3. The Balaban J connectivity index is 1.86. The highest BCUT2D eigenvalue weighted by Gasteiger charge is 2.33. The van der Waals surface area contributed by atoms with E-state index in [1.807, 2.05) is 0 Å². The number of aliphatic carboxylic acids is 1. The maximum Gasteiger partial charge on any atom is 0.306 e. The van der Waals surface area contributed by atoms with Crippen LogP contribution in [0.2, 0.25) is 5.02 Å². The normalized spacial score (nSPS) is 21.7. The number of benzene rings is 1. The van der Waals surface area contributed by atoms with Gasteiger partial charge in [0.1, 0.15) is 5.82 Å². The number of hydrogen-bond acceptors (Lipinski definition) is 2. The first-order valence-electron chi connectivity index (χ1n) is 6.42. The van der Waals surface area contributed by atoms with E-state index in [1.165, 1.54) is 12.1 Å². The Bertz CT molecular complexity index is 535. The molecule has 1 aliphatic rings. The van der Waals surface area contributed by atoms with Crippen LogP contribution in [0.15, 0.2) is 18.2 Å². The molecule has 0 spiro atoms. The Kier molecular flexibility index (Phi) is 4.60. The topological polar surface area (TPSA) is 66.4 Å². The van der Waals surface area contributed by atoms with E-state index in [0.29, 0.717) is 24.8 Å². The van der Waals surface area contributed by atoms with Gasteiger partial charge in [0.15, 0.2) is 0 Å². The first-order valence-corrected chi connectivity index (χ1v) is 6.79. The van der Waals surface area contributed by atoms with E-state index in [4.69, 9.17) is 16.7 Å². The average molecular weight is 300 g/mol. The van der Waals surface area contributed by atoms with Crippen molar-refractivity contribution in [1.82, 2.24) is 5.32 Å². The van der Waals surface area contributed by atoms with Gasteiger partial charge in [-0.2, -0.15) is 0 Å². The fraction of sp³-hybridized carbons (Fsp3) is 0.429. The molecule has 0 aliphatic heterocycles. The Labute approximate surface area is 120 Å². The third-order valence-corrected chi connectivity index (χ3v) is 3.89. The van der Waals surface area contributed by atoms with E-state index in [2.05, 4.69) is 5.32 Å². The molecule has 0 heterocycles. The molecule has 1 saturated carbocycles. The highest BCUT2D eigenvalue weighted by Crippen LogP contribution is 2.31. The third-order valence-electron chi connectivity index (χ3n) is 3.60. The third kappa shape index (κ3) is 3.48. The largest absolute Gasteiger partial charge is 0.481 e. The van der Waals surface area contributed by atoms with Crippen LogP contribution < -0.4 is 5.32 Å². The van der Waals surface area contributed by atoms with Crippen LogP contribution in [0.1, 0.15) is 24.8 Å². The minimum absolute atomic E-state index is 0.0172. The fourth-order valence-electron chi connectivity index (χ4n) is 2.43. The molecule has 2 N–H and O–H groups in total. The number of carboxylic acid groups (broad SMARTS) is 1. The smallest absolute Gasteiger partial charge is 0.306 e. The van der Waals surface area contributed by atoms with Gasteiger partial charge in [0.05, 0.1) is 10.9 Å². The Morgan fingerprint density at radius 3 is 2.65 bits per heavy atom. The molecule has 4 nitrogen and oxygen atoms in total. The van der Waals surface area contributed by atoms with Crippen molar-refractivity contribution in [3.05, 3.63) is 34.6 Å². The van der Waals surface area contributed by atoms with Crippen molar-refractivity contribution in [2.45, 2.75) is 25.8 Å². The zero-order valence-corrected chi connectivity index (χ0v) is 11.5. The molecule has 1 aromatic rings. The zero-order chi connectivity index (χ0) is 14.7.